The lowest BCUT2D eigenvalue weighted by Gasteiger charge is -2.36. The second kappa shape index (κ2) is 7.85. The number of nitrogens with zero attached hydrogens (tertiary/aromatic N) is 4. The van der Waals surface area contributed by atoms with Crippen LogP contribution in [0, 0.1) is 5.82 Å². The topological polar surface area (TPSA) is 41.4 Å². The number of carbonyl (C=O) groups excluding carboxylic acids is 1. The van der Waals surface area contributed by atoms with E-state index < -0.39 is 0 Å². The molecule has 8 heteroatoms. The molecule has 1 atom stereocenters. The van der Waals surface area contributed by atoms with Gasteiger partial charge in [0.2, 0.25) is 5.91 Å². The smallest absolute Gasteiger partial charge is 0.247 e. The van der Waals surface area contributed by atoms with Gasteiger partial charge in [-0.3, -0.25) is 14.4 Å². The summed E-state index contributed by atoms with van der Waals surface area (Å²) in [6, 6.07) is 4.38. The van der Waals surface area contributed by atoms with Crippen LogP contribution in [0.1, 0.15) is 18.5 Å². The first-order valence-corrected chi connectivity index (χ1v) is 9.26. The number of benzene rings is 1. The van der Waals surface area contributed by atoms with Crippen molar-refractivity contribution >= 4 is 33.4 Å². The van der Waals surface area contributed by atoms with Crippen molar-refractivity contribution in [3.63, 3.8) is 0 Å². The molecule has 1 amide bonds. The first-order chi connectivity index (χ1) is 12.0. The van der Waals surface area contributed by atoms with Crippen molar-refractivity contribution in [3.05, 3.63) is 51.5 Å². The first kappa shape index (κ1) is 18.4. The third-order valence-electron chi connectivity index (χ3n) is 4.45. The van der Waals surface area contributed by atoms with Crippen LogP contribution in [0.25, 0.3) is 0 Å². The number of rotatable bonds is 4. The van der Waals surface area contributed by atoms with Gasteiger partial charge in [0.1, 0.15) is 11.9 Å². The minimum Gasteiger partial charge on any atom is -0.338 e. The molecule has 25 heavy (non-hydrogen) atoms. The lowest BCUT2D eigenvalue weighted by molar-refractivity contribution is -0.136. The molecule has 1 aliphatic heterocycles. The Bertz CT molecular complexity index is 741. The molecule has 134 valence electrons. The van der Waals surface area contributed by atoms with Crippen LogP contribution in [0.15, 0.2) is 35.1 Å². The Morgan fingerprint density at radius 2 is 2.08 bits per heavy atom. The van der Waals surface area contributed by atoms with Gasteiger partial charge >= 0.3 is 0 Å². The molecule has 0 bridgehead atoms. The molecule has 1 fully saturated rings. The maximum absolute atomic E-state index is 13.9. The molecule has 0 saturated carbocycles. The van der Waals surface area contributed by atoms with Gasteiger partial charge in [-0.1, -0.05) is 17.7 Å². The predicted octanol–water partition coefficient (Wildman–Crippen LogP) is 3.34. The molecule has 1 saturated heterocycles. The van der Waals surface area contributed by atoms with E-state index in [4.69, 9.17) is 11.6 Å². The molecule has 1 aliphatic rings. The maximum atomic E-state index is 13.9. The van der Waals surface area contributed by atoms with E-state index in [0.29, 0.717) is 43.3 Å². The number of carbonyl (C=O) groups is 1. The molecule has 0 spiro atoms. The van der Waals surface area contributed by atoms with Gasteiger partial charge in [0, 0.05) is 49.5 Å². The zero-order valence-electron chi connectivity index (χ0n) is 13.8. The van der Waals surface area contributed by atoms with Crippen molar-refractivity contribution < 1.29 is 9.18 Å². The number of hydrogen-bond donors (Lipinski definition) is 0. The summed E-state index contributed by atoms with van der Waals surface area (Å²) >= 11 is 9.43. The van der Waals surface area contributed by atoms with Gasteiger partial charge in [0.15, 0.2) is 0 Å². The van der Waals surface area contributed by atoms with E-state index in [9.17, 15) is 9.18 Å². The first-order valence-electron chi connectivity index (χ1n) is 8.09. The van der Waals surface area contributed by atoms with Gasteiger partial charge in [-0.2, -0.15) is 5.10 Å². The summed E-state index contributed by atoms with van der Waals surface area (Å²) in [5, 5.41) is 4.62. The molecule has 0 radical (unpaired) electrons. The molecule has 3 rings (SSSR count). The molecule has 5 nitrogen and oxygen atoms in total. The van der Waals surface area contributed by atoms with Crippen molar-refractivity contribution in [1.29, 1.82) is 0 Å². The van der Waals surface area contributed by atoms with Crippen LogP contribution < -0.4 is 0 Å². The lowest BCUT2D eigenvalue weighted by Crippen LogP contribution is -2.50. The Labute approximate surface area is 159 Å². The SMILES string of the molecule is CC(C(=O)N1CCN(Cc2c(F)cccc2Cl)CC1)n1cc(Br)cn1. The summed E-state index contributed by atoms with van der Waals surface area (Å²) in [6.45, 7) is 4.88. The molecule has 2 heterocycles. The van der Waals surface area contributed by atoms with Crippen molar-refractivity contribution in [2.45, 2.75) is 19.5 Å². The van der Waals surface area contributed by atoms with Gasteiger partial charge in [-0.05, 0) is 35.0 Å². The van der Waals surface area contributed by atoms with Crippen LogP contribution in [-0.2, 0) is 11.3 Å². The highest BCUT2D eigenvalue weighted by atomic mass is 79.9. The third kappa shape index (κ3) is 4.22. The number of piperazine rings is 1. The quantitative estimate of drug-likeness (QED) is 0.748. The molecule has 0 N–H and O–H groups in total. The number of hydrogen-bond acceptors (Lipinski definition) is 3. The highest BCUT2D eigenvalue weighted by Gasteiger charge is 2.26. The van der Waals surface area contributed by atoms with E-state index in [1.165, 1.54) is 6.07 Å². The summed E-state index contributed by atoms with van der Waals surface area (Å²) in [7, 11) is 0. The Morgan fingerprint density at radius 3 is 2.68 bits per heavy atom. The van der Waals surface area contributed by atoms with E-state index in [-0.39, 0.29) is 17.8 Å². The zero-order chi connectivity index (χ0) is 18.0. The highest BCUT2D eigenvalue weighted by Crippen LogP contribution is 2.22. The lowest BCUT2D eigenvalue weighted by atomic mass is 10.1. The van der Waals surface area contributed by atoms with Gasteiger partial charge in [0.25, 0.3) is 0 Å². The van der Waals surface area contributed by atoms with Gasteiger partial charge in [-0.15, -0.1) is 0 Å². The van der Waals surface area contributed by atoms with E-state index in [0.717, 1.165) is 4.47 Å². The summed E-state index contributed by atoms with van der Waals surface area (Å²) < 4.78 is 16.4. The second-order valence-electron chi connectivity index (χ2n) is 6.12. The zero-order valence-corrected chi connectivity index (χ0v) is 16.2. The normalized spacial score (nSPS) is 16.9. The summed E-state index contributed by atoms with van der Waals surface area (Å²) in [4.78, 5) is 16.6. The van der Waals surface area contributed by atoms with Crippen LogP contribution in [-0.4, -0.2) is 51.7 Å². The molecule has 1 unspecified atom stereocenters. The standard InChI is InChI=1S/C17H19BrClFN4O/c1-12(24-10-13(18)9-21-24)17(25)23-7-5-22(6-8-23)11-14-15(19)3-2-4-16(14)20/h2-4,9-10,12H,5-8,11H2,1H3. The average molecular weight is 430 g/mol. The second-order valence-corrected chi connectivity index (χ2v) is 7.44. The van der Waals surface area contributed by atoms with Crippen molar-refractivity contribution in [1.82, 2.24) is 19.6 Å². The molecule has 1 aromatic carbocycles. The van der Waals surface area contributed by atoms with E-state index in [1.54, 1.807) is 29.2 Å². The van der Waals surface area contributed by atoms with Crippen LogP contribution >= 0.6 is 27.5 Å². The fraction of sp³-hybridized carbons (Fsp3) is 0.412. The van der Waals surface area contributed by atoms with E-state index in [1.807, 2.05) is 11.8 Å². The average Bonchev–Trinajstić information content (AvgIpc) is 3.04. The fourth-order valence-corrected chi connectivity index (χ4v) is 3.46. The van der Waals surface area contributed by atoms with Crippen molar-refractivity contribution in [2.24, 2.45) is 0 Å². The summed E-state index contributed by atoms with van der Waals surface area (Å²) in [5.74, 6) is -0.247. The Balaban J connectivity index is 1.57. The third-order valence-corrected chi connectivity index (χ3v) is 5.22. The Morgan fingerprint density at radius 1 is 1.36 bits per heavy atom. The molecular weight excluding hydrogens is 411 g/mol. The van der Waals surface area contributed by atoms with Crippen LogP contribution in [0.5, 0.6) is 0 Å². The van der Waals surface area contributed by atoms with Gasteiger partial charge in [0.05, 0.1) is 10.7 Å². The van der Waals surface area contributed by atoms with E-state index in [2.05, 4.69) is 25.9 Å². The molecule has 2 aromatic rings. The van der Waals surface area contributed by atoms with Crippen molar-refractivity contribution in [3.8, 4) is 0 Å². The highest BCUT2D eigenvalue weighted by molar-refractivity contribution is 9.10. The van der Waals surface area contributed by atoms with Crippen molar-refractivity contribution in [2.75, 3.05) is 26.2 Å². The number of amides is 1. The Hall–Kier alpha value is -1.44. The minimum absolute atomic E-state index is 0.0409. The summed E-state index contributed by atoms with van der Waals surface area (Å²) in [5.41, 5.74) is 0.513. The van der Waals surface area contributed by atoms with E-state index >= 15 is 0 Å². The van der Waals surface area contributed by atoms with Crippen LogP contribution in [0.2, 0.25) is 5.02 Å². The molecule has 0 aliphatic carbocycles. The van der Waals surface area contributed by atoms with Gasteiger partial charge < -0.3 is 4.90 Å². The minimum atomic E-state index is -0.348. The fourth-order valence-electron chi connectivity index (χ4n) is 2.94. The van der Waals surface area contributed by atoms with Crippen LogP contribution in [0.4, 0.5) is 4.39 Å². The monoisotopic (exact) mass is 428 g/mol. The molecular formula is C17H19BrClFN4O. The predicted molar refractivity (Wildman–Crippen MR) is 97.9 cm³/mol. The maximum Gasteiger partial charge on any atom is 0.247 e. The van der Waals surface area contributed by atoms with Crippen LogP contribution in [0.3, 0.4) is 0 Å². The number of aromatic nitrogens is 2. The largest absolute Gasteiger partial charge is 0.338 e. The molecule has 1 aromatic heterocycles. The number of halogens is 3. The summed E-state index contributed by atoms with van der Waals surface area (Å²) in [6.07, 6.45) is 3.46. The Kier molecular flexibility index (Phi) is 5.76. The van der Waals surface area contributed by atoms with Gasteiger partial charge in [-0.25, -0.2) is 4.39 Å².